The highest BCUT2D eigenvalue weighted by Gasteiger charge is 2.27. The Kier molecular flexibility index (Phi) is 5.04. The second kappa shape index (κ2) is 8.15. The van der Waals surface area contributed by atoms with Crippen molar-refractivity contribution in [1.82, 2.24) is 4.57 Å². The van der Waals surface area contributed by atoms with Crippen molar-refractivity contribution >= 4 is 28.3 Å². The van der Waals surface area contributed by atoms with Crippen LogP contribution in [0.4, 0.5) is 0 Å². The number of para-hydroxylation sites is 2. The van der Waals surface area contributed by atoms with E-state index in [9.17, 15) is 4.79 Å². The SMILES string of the molecule is CCCCC(=O)OC1=C(c2cccc3ccccc23)Oc2ccccc2-n2cccc21. The zero-order valence-electron chi connectivity index (χ0n) is 17.4. The average molecular weight is 409 g/mol. The molecule has 0 radical (unpaired) electrons. The number of hydrogen-bond acceptors (Lipinski definition) is 3. The van der Waals surface area contributed by atoms with Gasteiger partial charge in [0, 0.05) is 18.2 Å². The first kappa shape index (κ1) is 19.2. The molecule has 0 atom stereocenters. The van der Waals surface area contributed by atoms with E-state index in [-0.39, 0.29) is 5.97 Å². The molecule has 4 aromatic rings. The molecule has 0 fully saturated rings. The van der Waals surface area contributed by atoms with Gasteiger partial charge in [-0.1, -0.05) is 67.9 Å². The van der Waals surface area contributed by atoms with E-state index < -0.39 is 0 Å². The van der Waals surface area contributed by atoms with E-state index in [0.29, 0.717) is 23.7 Å². The molecule has 3 aromatic carbocycles. The summed E-state index contributed by atoms with van der Waals surface area (Å²) in [5, 5.41) is 2.14. The molecule has 1 aliphatic rings. The van der Waals surface area contributed by atoms with Gasteiger partial charge in [0.2, 0.25) is 0 Å². The predicted molar refractivity (Wildman–Crippen MR) is 123 cm³/mol. The lowest BCUT2D eigenvalue weighted by Crippen LogP contribution is -2.09. The maximum absolute atomic E-state index is 12.7. The molecule has 31 heavy (non-hydrogen) atoms. The highest BCUT2D eigenvalue weighted by molar-refractivity contribution is 6.00. The third-order valence-corrected chi connectivity index (χ3v) is 5.51. The van der Waals surface area contributed by atoms with Crippen molar-refractivity contribution < 1.29 is 14.3 Å². The van der Waals surface area contributed by atoms with Crippen molar-refractivity contribution in [3.8, 4) is 11.4 Å². The molecule has 2 heterocycles. The van der Waals surface area contributed by atoms with E-state index >= 15 is 0 Å². The van der Waals surface area contributed by atoms with Crippen molar-refractivity contribution in [2.24, 2.45) is 0 Å². The highest BCUT2D eigenvalue weighted by Crippen LogP contribution is 2.40. The lowest BCUT2D eigenvalue weighted by molar-refractivity contribution is -0.136. The molecule has 4 nitrogen and oxygen atoms in total. The molecule has 154 valence electrons. The standard InChI is InChI=1S/C27H23NO3/c1-2-3-17-25(29)31-27-23-15-9-18-28(23)22-14-6-7-16-24(22)30-26(27)21-13-8-11-19-10-4-5-12-20(19)21/h4-16,18H,2-3,17H2,1H3. The van der Waals surface area contributed by atoms with Crippen LogP contribution in [0.15, 0.2) is 85.1 Å². The van der Waals surface area contributed by atoms with Crippen LogP contribution in [0.1, 0.15) is 37.4 Å². The van der Waals surface area contributed by atoms with Gasteiger partial charge < -0.3 is 14.0 Å². The van der Waals surface area contributed by atoms with Crippen LogP contribution in [0.2, 0.25) is 0 Å². The van der Waals surface area contributed by atoms with Crippen molar-refractivity contribution in [3.63, 3.8) is 0 Å². The number of ether oxygens (including phenoxy) is 2. The van der Waals surface area contributed by atoms with Crippen LogP contribution in [-0.4, -0.2) is 10.5 Å². The minimum atomic E-state index is -0.253. The van der Waals surface area contributed by atoms with Gasteiger partial charge >= 0.3 is 5.97 Å². The fourth-order valence-corrected chi connectivity index (χ4v) is 3.98. The lowest BCUT2D eigenvalue weighted by Gasteiger charge is -2.16. The molecule has 0 spiro atoms. The van der Waals surface area contributed by atoms with Crippen LogP contribution in [-0.2, 0) is 9.53 Å². The number of aromatic nitrogens is 1. The number of fused-ring (bicyclic) bond motifs is 4. The number of esters is 1. The predicted octanol–water partition coefficient (Wildman–Crippen LogP) is 6.58. The second-order valence-electron chi connectivity index (χ2n) is 7.60. The van der Waals surface area contributed by atoms with Gasteiger partial charge in [0.05, 0.1) is 11.4 Å². The first-order chi connectivity index (χ1) is 15.3. The molecule has 5 rings (SSSR count). The summed E-state index contributed by atoms with van der Waals surface area (Å²) in [5.41, 5.74) is 2.58. The van der Waals surface area contributed by atoms with Crippen molar-refractivity contribution in [3.05, 3.63) is 96.3 Å². The molecular weight excluding hydrogens is 386 g/mol. The number of benzene rings is 3. The summed E-state index contributed by atoms with van der Waals surface area (Å²) in [6.07, 6.45) is 4.06. The molecule has 0 unspecified atom stereocenters. The Morgan fingerprint density at radius 3 is 2.65 bits per heavy atom. The number of unbranched alkanes of at least 4 members (excludes halogenated alkanes) is 1. The van der Waals surface area contributed by atoms with Crippen LogP contribution < -0.4 is 4.74 Å². The molecule has 0 bridgehead atoms. The summed E-state index contributed by atoms with van der Waals surface area (Å²) in [7, 11) is 0. The molecule has 1 aliphatic heterocycles. The maximum Gasteiger partial charge on any atom is 0.311 e. The quantitative estimate of drug-likeness (QED) is 0.350. The van der Waals surface area contributed by atoms with Gasteiger partial charge in [-0.2, -0.15) is 0 Å². The van der Waals surface area contributed by atoms with Crippen molar-refractivity contribution in [1.29, 1.82) is 0 Å². The minimum Gasteiger partial charge on any atom is -0.450 e. The normalized spacial score (nSPS) is 12.7. The van der Waals surface area contributed by atoms with Crippen LogP contribution in [0.5, 0.6) is 5.75 Å². The molecule has 0 saturated heterocycles. The molecule has 0 aliphatic carbocycles. The van der Waals surface area contributed by atoms with Gasteiger partial charge in [0.15, 0.2) is 17.3 Å². The maximum atomic E-state index is 12.7. The molecule has 4 heteroatoms. The number of carbonyl (C=O) groups is 1. The van der Waals surface area contributed by atoms with Crippen molar-refractivity contribution in [2.45, 2.75) is 26.2 Å². The van der Waals surface area contributed by atoms with E-state index in [0.717, 1.165) is 40.6 Å². The number of carbonyl (C=O) groups excluding carboxylic acids is 1. The monoisotopic (exact) mass is 409 g/mol. The summed E-state index contributed by atoms with van der Waals surface area (Å²) in [6.45, 7) is 2.06. The Morgan fingerprint density at radius 2 is 1.74 bits per heavy atom. The number of nitrogens with zero attached hydrogens (tertiary/aromatic N) is 1. The first-order valence-corrected chi connectivity index (χ1v) is 10.6. The Bertz CT molecular complexity index is 1290. The lowest BCUT2D eigenvalue weighted by atomic mass is 10.0. The molecule has 0 amide bonds. The topological polar surface area (TPSA) is 40.5 Å². The van der Waals surface area contributed by atoms with Gasteiger partial charge in [0.1, 0.15) is 0 Å². The highest BCUT2D eigenvalue weighted by atomic mass is 16.6. The first-order valence-electron chi connectivity index (χ1n) is 10.6. The van der Waals surface area contributed by atoms with Gasteiger partial charge in [-0.3, -0.25) is 4.79 Å². The third kappa shape index (κ3) is 3.50. The summed E-state index contributed by atoms with van der Waals surface area (Å²) in [6, 6.07) is 26.0. The van der Waals surface area contributed by atoms with Gasteiger partial charge in [-0.15, -0.1) is 0 Å². The smallest absolute Gasteiger partial charge is 0.311 e. The van der Waals surface area contributed by atoms with Crippen molar-refractivity contribution in [2.75, 3.05) is 0 Å². The zero-order chi connectivity index (χ0) is 21.2. The summed E-state index contributed by atoms with van der Waals surface area (Å²) >= 11 is 0. The Labute approximate surface area is 181 Å². The van der Waals surface area contributed by atoms with E-state index in [1.54, 1.807) is 0 Å². The summed E-state index contributed by atoms with van der Waals surface area (Å²) in [4.78, 5) is 12.7. The molecule has 0 saturated carbocycles. The number of rotatable bonds is 5. The Balaban J connectivity index is 1.76. The van der Waals surface area contributed by atoms with Gasteiger partial charge in [0.25, 0.3) is 0 Å². The van der Waals surface area contributed by atoms with E-state index in [1.807, 2.05) is 71.4 Å². The average Bonchev–Trinajstić information content (AvgIpc) is 3.25. The van der Waals surface area contributed by atoms with E-state index in [2.05, 4.69) is 25.1 Å². The van der Waals surface area contributed by atoms with Crippen LogP contribution >= 0.6 is 0 Å². The zero-order valence-corrected chi connectivity index (χ0v) is 17.4. The van der Waals surface area contributed by atoms with Gasteiger partial charge in [-0.05, 0) is 41.5 Å². The van der Waals surface area contributed by atoms with E-state index in [1.165, 1.54) is 0 Å². The second-order valence-corrected chi connectivity index (χ2v) is 7.60. The minimum absolute atomic E-state index is 0.253. The molecule has 0 N–H and O–H groups in total. The Hall–Kier alpha value is -3.79. The van der Waals surface area contributed by atoms with Crippen LogP contribution in [0, 0.1) is 0 Å². The summed E-state index contributed by atoms with van der Waals surface area (Å²) < 4.78 is 14.5. The fraction of sp³-hybridized carbons (Fsp3) is 0.148. The largest absolute Gasteiger partial charge is 0.450 e. The third-order valence-electron chi connectivity index (χ3n) is 5.51. The molecule has 1 aromatic heterocycles. The van der Waals surface area contributed by atoms with Gasteiger partial charge in [-0.25, -0.2) is 0 Å². The van der Waals surface area contributed by atoms with Crippen LogP contribution in [0.25, 0.3) is 28.0 Å². The molecular formula is C27H23NO3. The van der Waals surface area contributed by atoms with E-state index in [4.69, 9.17) is 9.47 Å². The van der Waals surface area contributed by atoms with Crippen LogP contribution in [0.3, 0.4) is 0 Å². The fourth-order valence-electron chi connectivity index (χ4n) is 3.98. The summed E-state index contributed by atoms with van der Waals surface area (Å²) in [5.74, 6) is 1.45. The Morgan fingerprint density at radius 1 is 0.935 bits per heavy atom. The number of hydrogen-bond donors (Lipinski definition) is 0.